The van der Waals surface area contributed by atoms with E-state index in [2.05, 4.69) is 10.3 Å². The summed E-state index contributed by atoms with van der Waals surface area (Å²) < 4.78 is 7.05. The highest BCUT2D eigenvalue weighted by Crippen LogP contribution is 2.34. The number of aromatic nitrogens is 2. The Morgan fingerprint density at radius 2 is 2.47 bits per heavy atom. The Morgan fingerprint density at radius 1 is 1.65 bits per heavy atom. The Balaban J connectivity index is 1.82. The zero-order valence-electron chi connectivity index (χ0n) is 9.98. The van der Waals surface area contributed by atoms with E-state index in [1.807, 2.05) is 11.5 Å². The van der Waals surface area contributed by atoms with Crippen LogP contribution >= 0.6 is 0 Å². The molecule has 1 N–H and O–H groups in total. The van der Waals surface area contributed by atoms with E-state index in [0.717, 1.165) is 24.8 Å². The molecular formula is C12H17N3O2. The summed E-state index contributed by atoms with van der Waals surface area (Å²) in [7, 11) is 0. The molecular weight excluding hydrogens is 218 g/mol. The van der Waals surface area contributed by atoms with Gasteiger partial charge in [0, 0.05) is 12.6 Å². The van der Waals surface area contributed by atoms with Gasteiger partial charge < -0.3 is 14.6 Å². The van der Waals surface area contributed by atoms with Crippen molar-refractivity contribution in [3.05, 3.63) is 17.7 Å². The minimum Gasteiger partial charge on any atom is -0.461 e. The number of nitrogens with zero attached hydrogens (tertiary/aromatic N) is 2. The molecule has 5 heteroatoms. The molecule has 1 saturated carbocycles. The van der Waals surface area contributed by atoms with Crippen LogP contribution in [-0.2, 0) is 17.8 Å². The van der Waals surface area contributed by atoms with Crippen molar-refractivity contribution in [2.75, 3.05) is 6.61 Å². The molecule has 92 valence electrons. The fourth-order valence-corrected chi connectivity index (χ4v) is 2.42. The molecule has 2 heterocycles. The summed E-state index contributed by atoms with van der Waals surface area (Å²) in [5, 5.41) is 3.49. The SMILES string of the molecule is CCOC(=O)c1cnc2n1CC(C1CC1)NC2. The van der Waals surface area contributed by atoms with Crippen LogP contribution in [0.1, 0.15) is 36.1 Å². The van der Waals surface area contributed by atoms with Gasteiger partial charge in [-0.2, -0.15) is 0 Å². The van der Waals surface area contributed by atoms with Crippen molar-refractivity contribution in [3.8, 4) is 0 Å². The lowest BCUT2D eigenvalue weighted by Gasteiger charge is -2.26. The van der Waals surface area contributed by atoms with Crippen LogP contribution in [0.25, 0.3) is 0 Å². The van der Waals surface area contributed by atoms with Gasteiger partial charge in [0.1, 0.15) is 11.5 Å². The lowest BCUT2D eigenvalue weighted by Crippen LogP contribution is -2.41. The molecule has 1 aliphatic carbocycles. The van der Waals surface area contributed by atoms with Gasteiger partial charge in [0.15, 0.2) is 0 Å². The van der Waals surface area contributed by atoms with Crippen molar-refractivity contribution in [2.24, 2.45) is 5.92 Å². The molecule has 0 amide bonds. The van der Waals surface area contributed by atoms with Gasteiger partial charge in [-0.3, -0.25) is 0 Å². The number of carbonyl (C=O) groups excluding carboxylic acids is 1. The summed E-state index contributed by atoms with van der Waals surface area (Å²) in [6.45, 7) is 3.82. The second-order valence-electron chi connectivity index (χ2n) is 4.72. The number of hydrogen-bond acceptors (Lipinski definition) is 4. The van der Waals surface area contributed by atoms with Gasteiger partial charge in [-0.15, -0.1) is 0 Å². The molecule has 1 unspecified atom stereocenters. The number of carbonyl (C=O) groups is 1. The maximum absolute atomic E-state index is 11.8. The van der Waals surface area contributed by atoms with Gasteiger partial charge in [0.05, 0.1) is 19.3 Å². The summed E-state index contributed by atoms with van der Waals surface area (Å²) in [4.78, 5) is 16.0. The molecule has 0 aromatic carbocycles. The fourth-order valence-electron chi connectivity index (χ4n) is 2.42. The average Bonchev–Trinajstić information content (AvgIpc) is 3.09. The molecule has 0 radical (unpaired) electrons. The van der Waals surface area contributed by atoms with Gasteiger partial charge in [0.25, 0.3) is 0 Å². The van der Waals surface area contributed by atoms with Gasteiger partial charge in [-0.1, -0.05) is 0 Å². The Bertz CT molecular complexity index is 437. The average molecular weight is 235 g/mol. The van der Waals surface area contributed by atoms with Crippen molar-refractivity contribution in [1.29, 1.82) is 0 Å². The van der Waals surface area contributed by atoms with Crippen molar-refractivity contribution in [2.45, 2.75) is 38.9 Å². The highest BCUT2D eigenvalue weighted by Gasteiger charge is 2.35. The summed E-state index contributed by atoms with van der Waals surface area (Å²) in [5.41, 5.74) is 0.592. The summed E-state index contributed by atoms with van der Waals surface area (Å²) in [5.74, 6) is 1.45. The van der Waals surface area contributed by atoms with E-state index in [1.54, 1.807) is 6.20 Å². The normalized spacial score (nSPS) is 23.2. The number of imidazole rings is 1. The Labute approximate surface area is 100 Å². The van der Waals surface area contributed by atoms with Crippen molar-refractivity contribution in [1.82, 2.24) is 14.9 Å². The maximum Gasteiger partial charge on any atom is 0.356 e. The van der Waals surface area contributed by atoms with Crippen LogP contribution in [0.3, 0.4) is 0 Å². The smallest absolute Gasteiger partial charge is 0.356 e. The molecule has 0 spiro atoms. The predicted octanol–water partition coefficient (Wildman–Crippen LogP) is 0.942. The number of fused-ring (bicyclic) bond motifs is 1. The zero-order valence-corrected chi connectivity index (χ0v) is 9.98. The molecule has 1 aliphatic heterocycles. The van der Waals surface area contributed by atoms with Gasteiger partial charge in [-0.25, -0.2) is 9.78 Å². The quantitative estimate of drug-likeness (QED) is 0.792. The van der Waals surface area contributed by atoms with E-state index >= 15 is 0 Å². The third kappa shape index (κ3) is 1.95. The van der Waals surface area contributed by atoms with Crippen LogP contribution in [0.2, 0.25) is 0 Å². The first kappa shape index (κ1) is 10.8. The number of esters is 1. The van der Waals surface area contributed by atoms with Gasteiger partial charge >= 0.3 is 5.97 Å². The summed E-state index contributed by atoms with van der Waals surface area (Å²) >= 11 is 0. The molecule has 2 aliphatic rings. The van der Waals surface area contributed by atoms with Crippen molar-refractivity contribution >= 4 is 5.97 Å². The molecule has 0 saturated heterocycles. The third-order valence-electron chi connectivity index (χ3n) is 3.52. The molecule has 1 aromatic rings. The van der Waals surface area contributed by atoms with Gasteiger partial charge in [0.2, 0.25) is 0 Å². The van der Waals surface area contributed by atoms with Gasteiger partial charge in [-0.05, 0) is 25.7 Å². The number of nitrogens with one attached hydrogen (secondary N) is 1. The van der Waals surface area contributed by atoms with Crippen LogP contribution in [0.4, 0.5) is 0 Å². The molecule has 1 aromatic heterocycles. The second-order valence-corrected chi connectivity index (χ2v) is 4.72. The van der Waals surface area contributed by atoms with E-state index < -0.39 is 0 Å². The van der Waals surface area contributed by atoms with Crippen LogP contribution in [0, 0.1) is 5.92 Å². The first-order valence-electron chi connectivity index (χ1n) is 6.24. The monoisotopic (exact) mass is 235 g/mol. The van der Waals surface area contributed by atoms with E-state index in [0.29, 0.717) is 18.3 Å². The molecule has 3 rings (SSSR count). The summed E-state index contributed by atoms with van der Waals surface area (Å²) in [6.07, 6.45) is 4.23. The topological polar surface area (TPSA) is 56.1 Å². The van der Waals surface area contributed by atoms with Crippen LogP contribution in [0.5, 0.6) is 0 Å². The molecule has 17 heavy (non-hydrogen) atoms. The second kappa shape index (κ2) is 4.14. The number of ether oxygens (including phenoxy) is 1. The molecule has 0 bridgehead atoms. The van der Waals surface area contributed by atoms with Crippen molar-refractivity contribution < 1.29 is 9.53 Å². The van der Waals surface area contributed by atoms with E-state index in [-0.39, 0.29) is 5.97 Å². The minimum atomic E-state index is -0.261. The molecule has 1 atom stereocenters. The van der Waals surface area contributed by atoms with Crippen LogP contribution in [0.15, 0.2) is 6.20 Å². The third-order valence-corrected chi connectivity index (χ3v) is 3.52. The lowest BCUT2D eigenvalue weighted by molar-refractivity contribution is 0.0511. The molecule has 5 nitrogen and oxygen atoms in total. The fraction of sp³-hybridized carbons (Fsp3) is 0.667. The van der Waals surface area contributed by atoms with E-state index in [4.69, 9.17) is 4.74 Å². The summed E-state index contributed by atoms with van der Waals surface area (Å²) in [6, 6.07) is 0.491. The highest BCUT2D eigenvalue weighted by molar-refractivity contribution is 5.87. The zero-order chi connectivity index (χ0) is 11.8. The van der Waals surface area contributed by atoms with E-state index in [9.17, 15) is 4.79 Å². The first-order chi connectivity index (χ1) is 8.29. The standard InChI is InChI=1S/C12H17N3O2/c1-2-17-12(16)10-5-14-11-6-13-9(7-15(10)11)8-3-4-8/h5,8-9,13H,2-4,6-7H2,1H3. The van der Waals surface area contributed by atoms with Crippen molar-refractivity contribution in [3.63, 3.8) is 0 Å². The highest BCUT2D eigenvalue weighted by atomic mass is 16.5. The Kier molecular flexibility index (Phi) is 2.63. The first-order valence-corrected chi connectivity index (χ1v) is 6.24. The van der Waals surface area contributed by atoms with Crippen LogP contribution in [-0.4, -0.2) is 28.2 Å². The largest absolute Gasteiger partial charge is 0.461 e. The number of rotatable bonds is 3. The Hall–Kier alpha value is -1.36. The Morgan fingerprint density at radius 3 is 3.18 bits per heavy atom. The molecule has 1 fully saturated rings. The predicted molar refractivity (Wildman–Crippen MR) is 61.5 cm³/mol. The lowest BCUT2D eigenvalue weighted by atomic mass is 10.1. The maximum atomic E-state index is 11.8. The van der Waals surface area contributed by atoms with E-state index in [1.165, 1.54) is 12.8 Å². The minimum absolute atomic E-state index is 0.261. The number of hydrogen-bond donors (Lipinski definition) is 1. The van der Waals surface area contributed by atoms with Crippen LogP contribution < -0.4 is 5.32 Å².